The maximum absolute atomic E-state index is 13.0. The Kier molecular flexibility index (Phi) is 7.43. The molecule has 202 valence electrons. The van der Waals surface area contributed by atoms with Crippen molar-refractivity contribution < 1.29 is 42.3 Å². The van der Waals surface area contributed by atoms with Gasteiger partial charge >= 0.3 is 12.1 Å². The van der Waals surface area contributed by atoms with Gasteiger partial charge in [0, 0.05) is 31.6 Å². The van der Waals surface area contributed by atoms with Gasteiger partial charge in [0.05, 0.1) is 25.0 Å². The normalized spacial score (nSPS) is 19.6. The highest BCUT2D eigenvalue weighted by atomic mass is 19.4. The number of piperazine rings is 1. The monoisotopic (exact) mass is 537 g/mol. The molecule has 3 N–H and O–H groups in total. The Labute approximate surface area is 212 Å². The quantitative estimate of drug-likeness (QED) is 0.440. The highest BCUT2D eigenvalue weighted by molar-refractivity contribution is 6.05. The predicted octanol–water partition coefficient (Wildman–Crippen LogP) is -0.407. The van der Waals surface area contributed by atoms with E-state index in [0.29, 0.717) is 49.5 Å². The van der Waals surface area contributed by atoms with Crippen molar-refractivity contribution in [3.8, 4) is 5.69 Å². The molecule has 13 nitrogen and oxygen atoms in total. The van der Waals surface area contributed by atoms with Crippen LogP contribution in [-0.4, -0.2) is 91.4 Å². The fourth-order valence-electron chi connectivity index (χ4n) is 4.19. The lowest BCUT2D eigenvalue weighted by atomic mass is 10.0. The number of hydrogen-bond acceptors (Lipinski definition) is 8. The van der Waals surface area contributed by atoms with Gasteiger partial charge in [0.2, 0.25) is 17.7 Å². The second kappa shape index (κ2) is 10.6. The van der Waals surface area contributed by atoms with E-state index in [1.54, 1.807) is 21.8 Å². The summed E-state index contributed by atoms with van der Waals surface area (Å²) in [4.78, 5) is 60.7. The summed E-state index contributed by atoms with van der Waals surface area (Å²) in [5.41, 5.74) is 2.66. The number of nitrogens with one attached hydrogen (secondary N) is 2. The number of aliphatic carboxylic acids is 1. The van der Waals surface area contributed by atoms with E-state index in [1.165, 1.54) is 4.90 Å². The van der Waals surface area contributed by atoms with Crippen LogP contribution in [0.1, 0.15) is 34.5 Å². The van der Waals surface area contributed by atoms with Crippen molar-refractivity contribution in [2.75, 3.05) is 19.6 Å². The molecule has 38 heavy (non-hydrogen) atoms. The highest BCUT2D eigenvalue weighted by Crippen LogP contribution is 2.29. The fourth-order valence-corrected chi connectivity index (χ4v) is 4.19. The summed E-state index contributed by atoms with van der Waals surface area (Å²) in [6.45, 7) is 2.40. The molecule has 1 unspecified atom stereocenters. The van der Waals surface area contributed by atoms with Gasteiger partial charge in [-0.15, -0.1) is 5.10 Å². The third-order valence-corrected chi connectivity index (χ3v) is 6.10. The van der Waals surface area contributed by atoms with Crippen LogP contribution in [0.25, 0.3) is 5.69 Å². The number of carboxylic acid groups (broad SMARTS) is 1. The smallest absolute Gasteiger partial charge is 0.475 e. The Morgan fingerprint density at radius 1 is 1.18 bits per heavy atom. The molecule has 1 aromatic heterocycles. The second-order valence-corrected chi connectivity index (χ2v) is 8.69. The molecular formula is C22H22F3N7O6. The average molecular weight is 537 g/mol. The van der Waals surface area contributed by atoms with Gasteiger partial charge in [-0.25, -0.2) is 9.48 Å². The lowest BCUT2D eigenvalue weighted by Crippen LogP contribution is -2.52. The lowest BCUT2D eigenvalue weighted by Gasteiger charge is -2.29. The van der Waals surface area contributed by atoms with Crippen molar-refractivity contribution in [3.05, 3.63) is 41.2 Å². The number of rotatable bonds is 4. The molecular weight excluding hydrogens is 515 g/mol. The summed E-state index contributed by atoms with van der Waals surface area (Å²) in [5.74, 6) is -3.71. The topological polar surface area (TPSA) is 167 Å². The first-order valence-corrected chi connectivity index (χ1v) is 11.4. The first-order valence-electron chi connectivity index (χ1n) is 11.4. The minimum atomic E-state index is -5.08. The van der Waals surface area contributed by atoms with Gasteiger partial charge in [0.25, 0.3) is 5.91 Å². The number of aromatic nitrogens is 3. The number of hydrogen-bond donors (Lipinski definition) is 3. The van der Waals surface area contributed by atoms with Crippen LogP contribution >= 0.6 is 0 Å². The van der Waals surface area contributed by atoms with Gasteiger partial charge in [-0.1, -0.05) is 11.3 Å². The number of amides is 4. The summed E-state index contributed by atoms with van der Waals surface area (Å²) in [5, 5.41) is 20.8. The Hall–Kier alpha value is -4.34. The third-order valence-electron chi connectivity index (χ3n) is 6.10. The SMILES string of the molecule is O=C(O)C(F)(F)F.O=C1CCC(N2Cc3ccc(-n4cc(CN5CCNCC5=O)nn4)cc3C2=O)C(=O)N1. The second-order valence-electron chi connectivity index (χ2n) is 8.69. The predicted molar refractivity (Wildman–Crippen MR) is 119 cm³/mol. The van der Waals surface area contributed by atoms with E-state index in [2.05, 4.69) is 20.9 Å². The van der Waals surface area contributed by atoms with E-state index < -0.39 is 24.1 Å². The zero-order valence-electron chi connectivity index (χ0n) is 19.7. The molecule has 2 fully saturated rings. The summed E-state index contributed by atoms with van der Waals surface area (Å²) < 4.78 is 33.3. The van der Waals surface area contributed by atoms with Crippen LogP contribution in [0.4, 0.5) is 13.2 Å². The van der Waals surface area contributed by atoms with Crippen LogP contribution in [0.15, 0.2) is 24.4 Å². The number of carbonyl (C=O) groups is 5. The standard InChI is InChI=1S/C20H21N7O4.C2HF3O2/c28-17-4-3-16(19(30)22-17)26-9-12-1-2-14(7-15(12)20(26)31)27-11-13(23-24-27)10-25-6-5-21-8-18(25)29;3-2(4,5)1(6)7/h1-2,7,11,16,21H,3-6,8-10H2,(H,22,28,30);(H,6,7). The number of carboxylic acids is 1. The van der Waals surface area contributed by atoms with E-state index in [9.17, 15) is 32.3 Å². The summed E-state index contributed by atoms with van der Waals surface area (Å²) in [6, 6.07) is 4.78. The summed E-state index contributed by atoms with van der Waals surface area (Å²) >= 11 is 0. The number of nitrogens with zero attached hydrogens (tertiary/aromatic N) is 5. The van der Waals surface area contributed by atoms with Crippen LogP contribution in [0.3, 0.4) is 0 Å². The van der Waals surface area contributed by atoms with Crippen LogP contribution in [0.5, 0.6) is 0 Å². The van der Waals surface area contributed by atoms with E-state index in [0.717, 1.165) is 12.1 Å². The van der Waals surface area contributed by atoms with E-state index >= 15 is 0 Å². The molecule has 4 heterocycles. The van der Waals surface area contributed by atoms with Crippen LogP contribution < -0.4 is 10.6 Å². The highest BCUT2D eigenvalue weighted by Gasteiger charge is 2.39. The van der Waals surface area contributed by atoms with Gasteiger partial charge in [0.15, 0.2) is 0 Å². The molecule has 3 aliphatic heterocycles. The number of carbonyl (C=O) groups excluding carboxylic acids is 4. The molecule has 4 amide bonds. The third kappa shape index (κ3) is 5.80. The number of imide groups is 1. The van der Waals surface area contributed by atoms with E-state index in [1.807, 2.05) is 12.1 Å². The largest absolute Gasteiger partial charge is 0.490 e. The number of fused-ring (bicyclic) bond motifs is 1. The molecule has 0 bridgehead atoms. The van der Waals surface area contributed by atoms with Crippen molar-refractivity contribution in [1.29, 1.82) is 0 Å². The van der Waals surface area contributed by atoms with E-state index in [4.69, 9.17) is 9.90 Å². The van der Waals surface area contributed by atoms with Crippen LogP contribution in [-0.2, 0) is 32.3 Å². The number of benzene rings is 1. The molecule has 5 rings (SSSR count). The summed E-state index contributed by atoms with van der Waals surface area (Å²) in [7, 11) is 0. The maximum Gasteiger partial charge on any atom is 0.490 e. The fraction of sp³-hybridized carbons (Fsp3) is 0.409. The molecule has 16 heteroatoms. The number of alkyl halides is 3. The molecule has 1 aromatic carbocycles. The van der Waals surface area contributed by atoms with Crippen molar-refractivity contribution in [2.24, 2.45) is 0 Å². The van der Waals surface area contributed by atoms with Crippen molar-refractivity contribution >= 4 is 29.6 Å². The minimum absolute atomic E-state index is 0.0254. The average Bonchev–Trinajstić information content (AvgIpc) is 3.45. The minimum Gasteiger partial charge on any atom is -0.475 e. The van der Waals surface area contributed by atoms with Crippen LogP contribution in [0, 0.1) is 0 Å². The van der Waals surface area contributed by atoms with Gasteiger partial charge in [0.1, 0.15) is 11.7 Å². The Morgan fingerprint density at radius 3 is 2.58 bits per heavy atom. The first kappa shape index (κ1) is 26.7. The van der Waals surface area contributed by atoms with Crippen molar-refractivity contribution in [2.45, 2.75) is 38.1 Å². The molecule has 0 radical (unpaired) electrons. The molecule has 3 aliphatic rings. The number of piperidine rings is 1. The van der Waals surface area contributed by atoms with Gasteiger partial charge < -0.3 is 20.2 Å². The first-order chi connectivity index (χ1) is 17.9. The lowest BCUT2D eigenvalue weighted by molar-refractivity contribution is -0.192. The van der Waals surface area contributed by atoms with Gasteiger partial charge in [-0.05, 0) is 24.1 Å². The molecule has 0 saturated carbocycles. The molecule has 1 atom stereocenters. The molecule has 2 aromatic rings. The summed E-state index contributed by atoms with van der Waals surface area (Å²) in [6.07, 6.45) is -2.79. The number of halogens is 3. The Morgan fingerprint density at radius 2 is 1.92 bits per heavy atom. The van der Waals surface area contributed by atoms with Crippen LogP contribution in [0.2, 0.25) is 0 Å². The maximum atomic E-state index is 13.0. The molecule has 0 aliphatic carbocycles. The van der Waals surface area contributed by atoms with Gasteiger partial charge in [-0.2, -0.15) is 13.2 Å². The zero-order chi connectivity index (χ0) is 27.6. The molecule has 0 spiro atoms. The van der Waals surface area contributed by atoms with E-state index in [-0.39, 0.29) is 24.1 Å². The van der Waals surface area contributed by atoms with Crippen molar-refractivity contribution in [3.63, 3.8) is 0 Å². The Bertz CT molecular complexity index is 1290. The zero-order valence-corrected chi connectivity index (χ0v) is 19.7. The Balaban J connectivity index is 0.000000426. The van der Waals surface area contributed by atoms with Gasteiger partial charge in [-0.3, -0.25) is 24.5 Å². The van der Waals surface area contributed by atoms with Crippen molar-refractivity contribution in [1.82, 2.24) is 35.4 Å². The molecule has 2 saturated heterocycles.